The van der Waals surface area contributed by atoms with E-state index in [2.05, 4.69) is 354 Å². The summed E-state index contributed by atoms with van der Waals surface area (Å²) >= 11 is 0. The van der Waals surface area contributed by atoms with E-state index in [-0.39, 0.29) is 0 Å². The molecule has 0 aliphatic heterocycles. The van der Waals surface area contributed by atoms with Crippen molar-refractivity contribution in [2.24, 2.45) is 49.3 Å². The molecule has 0 atom stereocenters. The summed E-state index contributed by atoms with van der Waals surface area (Å²) in [5.74, 6) is 8.91. The Kier molecular flexibility index (Phi) is 24.9. The second kappa shape index (κ2) is 32.4. The van der Waals surface area contributed by atoms with Gasteiger partial charge in [0.2, 0.25) is 29.1 Å². The highest BCUT2D eigenvalue weighted by atomic mass is 15.2. The topological polar surface area (TPSA) is 126 Å². The van der Waals surface area contributed by atoms with Gasteiger partial charge in [0.05, 0.1) is 95.1 Å². The number of pyridine rings is 5. The summed E-state index contributed by atoms with van der Waals surface area (Å²) in [7, 11) is 14.6. The minimum Gasteiger partial charge on any atom is -0.258 e. The molecule has 103 heavy (non-hydrogen) atoms. The zero-order chi connectivity index (χ0) is 76.4. The first-order chi connectivity index (χ1) is 48.7. The molecule has 12 aromatic heterocycles. The van der Waals surface area contributed by atoms with E-state index in [1.165, 1.54) is 146 Å². The fraction of sp³-hybridized carbons (Fsp3) is 0.476. The Morgan fingerprint density at radius 2 is 0.757 bits per heavy atom. The number of fused-ring (bicyclic) bond motifs is 7. The van der Waals surface area contributed by atoms with Crippen LogP contribution in [0.15, 0.2) is 67.1 Å². The molecular weight excluding hydrogens is 1280 g/mol. The molecule has 12 heterocycles. The normalized spacial score (nSPS) is 11.2. The van der Waals surface area contributed by atoms with Crippen molar-refractivity contribution in [3.63, 3.8) is 0 Å². The van der Waals surface area contributed by atoms with E-state index in [9.17, 15) is 0 Å². The lowest BCUT2D eigenvalue weighted by atomic mass is 9.97. The molecule has 0 saturated carbocycles. The van der Waals surface area contributed by atoms with Gasteiger partial charge in [-0.05, 0) is 219 Å². The molecule has 0 fully saturated rings. The van der Waals surface area contributed by atoms with Gasteiger partial charge in [0.15, 0.2) is 49.7 Å². The second-order valence-corrected chi connectivity index (χ2v) is 28.0. The average molecular weight is 1400 g/mol. The van der Waals surface area contributed by atoms with Gasteiger partial charge in [0.25, 0.3) is 11.6 Å². The Morgan fingerprint density at radius 3 is 1.30 bits per heavy atom. The van der Waals surface area contributed by atoms with Crippen LogP contribution in [0.4, 0.5) is 0 Å². The fourth-order valence-corrected chi connectivity index (χ4v) is 15.1. The lowest BCUT2D eigenvalue weighted by Gasteiger charge is -2.09. The molecule has 0 N–H and O–H groups in total. The van der Waals surface area contributed by atoms with Crippen molar-refractivity contribution in [3.8, 4) is 0 Å². The van der Waals surface area contributed by atoms with E-state index < -0.39 is 0 Å². The molecule has 19 heteroatoms. The van der Waals surface area contributed by atoms with Gasteiger partial charge in [0, 0.05) is 65.2 Å². The van der Waals surface area contributed by atoms with Crippen LogP contribution in [0.3, 0.4) is 0 Å². The molecule has 0 saturated heterocycles. The molecule has 0 radical (unpaired) electrons. The summed E-state index contributed by atoms with van der Waals surface area (Å²) in [6.45, 7) is 63.3. The van der Waals surface area contributed by atoms with Crippen LogP contribution in [0.1, 0.15) is 156 Å². The van der Waals surface area contributed by atoms with E-state index in [1.807, 2.05) is 31.6 Å². The second-order valence-electron chi connectivity index (χ2n) is 28.0. The molecule has 0 amide bonds. The van der Waals surface area contributed by atoms with Crippen molar-refractivity contribution in [1.29, 1.82) is 0 Å². The number of benzene rings is 2. The summed E-state index contributed by atoms with van der Waals surface area (Å²) in [6, 6.07) is 17.1. The highest BCUT2D eigenvalue weighted by Gasteiger charge is 2.27. The number of aryl methyl sites for hydroxylation is 23. The van der Waals surface area contributed by atoms with Crippen LogP contribution in [0.25, 0.3) is 77.9 Å². The van der Waals surface area contributed by atoms with Crippen LogP contribution in [-0.4, -0.2) is 56.9 Å². The Labute approximate surface area is 613 Å². The molecule has 14 aromatic rings. The Bertz CT molecular complexity index is 5470. The van der Waals surface area contributed by atoms with E-state index in [0.717, 1.165) is 85.4 Å². The van der Waals surface area contributed by atoms with Crippen LogP contribution in [0.5, 0.6) is 0 Å². The van der Waals surface area contributed by atoms with Gasteiger partial charge < -0.3 is 0 Å². The van der Waals surface area contributed by atoms with Crippen molar-refractivity contribution in [1.82, 2.24) is 56.9 Å². The summed E-state index contributed by atoms with van der Waals surface area (Å²) < 4.78 is 31.6. The lowest BCUT2D eigenvalue weighted by Crippen LogP contribution is -2.35. The van der Waals surface area contributed by atoms with Crippen molar-refractivity contribution in [2.45, 2.75) is 226 Å². The van der Waals surface area contributed by atoms with Crippen LogP contribution >= 0.6 is 0 Å². The molecule has 0 bridgehead atoms. The first-order valence-corrected chi connectivity index (χ1v) is 37.2. The first kappa shape index (κ1) is 79.2. The summed E-state index contributed by atoms with van der Waals surface area (Å²) in [5.41, 5.74) is 32.9. The van der Waals surface area contributed by atoms with Crippen molar-refractivity contribution in [2.75, 3.05) is 0 Å². The maximum Gasteiger partial charge on any atom is 0.301 e. The van der Waals surface area contributed by atoms with E-state index in [0.29, 0.717) is 0 Å². The quantitative estimate of drug-likeness (QED) is 0.147. The van der Waals surface area contributed by atoms with E-state index in [1.54, 1.807) is 0 Å². The summed E-state index contributed by atoms with van der Waals surface area (Å²) in [6.07, 6.45) is 5.63. The van der Waals surface area contributed by atoms with Gasteiger partial charge >= 0.3 is 28.2 Å². The maximum atomic E-state index is 4.65. The van der Waals surface area contributed by atoms with Gasteiger partial charge in [0.1, 0.15) is 30.0 Å². The van der Waals surface area contributed by atoms with E-state index in [4.69, 9.17) is 0 Å². The number of hydrogen-bond donors (Lipinski definition) is 0. The SMILES string of the molecule is CC[n+]1c(C)n(C)c2cc(C)c(C)c(C)c21.CCn1c(C)[n+](C)c2c(C)c(C)c(C)c(C)c21.CCn1c(C)[n+](C)c2nc(C)c(C)cc21.CCn1c(C)[n+](C)c2nc(C)ccc21.CCn1c(C)[n+](C)c2ncc(C)cc21.CCn1c(C)[n+](C)c2nccc(C)c21.CCn1c(C)[n+](C)c2ncccc21. The first-order valence-electron chi connectivity index (χ1n) is 37.2. The standard InChI is InChI=1S/C15H23N2.C14H21N2.C12H18N3.3C11H16N3.C10H14N3/c1-8-17-13(6)16(7)14-11(4)9(2)10(3)12(5)15(14)17;1-7-16-12(5)15(6)13-8-9(2)10(3)11(4)14(13)16;1-6-15-10(4)14(5)12-11(15)7-8(2)9(3)13-12;1-5-14-9(3)13(4)11-10(14)6-8(2)7-12-11;1-5-14-9(3)13(4)11-10(14)8(2)6-7-12-11;1-5-14-9(3)13(4)11-10(14)7-6-8(2)12-11;1-4-13-8(2)12(3)10-9(13)6-5-7-11-10/h8H2,1-7H3;8H,7H2,1-6H3;7H,6H2,1-5H3;3*6-7H,5H2,1-4H3;5-7H,4H2,1-3H3/q7*+1. The van der Waals surface area contributed by atoms with Gasteiger partial charge in [-0.2, -0.15) is 0 Å². The van der Waals surface area contributed by atoms with Crippen LogP contribution < -0.4 is 32.0 Å². The van der Waals surface area contributed by atoms with E-state index >= 15 is 0 Å². The molecule has 0 unspecified atom stereocenters. The molecular formula is C84H124N19+7. The van der Waals surface area contributed by atoms with Gasteiger partial charge in [-0.25, -0.2) is 41.1 Å². The predicted octanol–water partition coefficient (Wildman–Crippen LogP) is 13.2. The Morgan fingerprint density at radius 1 is 0.330 bits per heavy atom. The molecule has 2 aromatic carbocycles. The van der Waals surface area contributed by atoms with Gasteiger partial charge in [-0.1, -0.05) is 0 Å². The smallest absolute Gasteiger partial charge is 0.258 e. The lowest BCUT2D eigenvalue weighted by molar-refractivity contribution is -0.675. The highest BCUT2D eigenvalue weighted by molar-refractivity contribution is 5.83. The highest BCUT2D eigenvalue weighted by Crippen LogP contribution is 2.29. The third kappa shape index (κ3) is 14.6. The van der Waals surface area contributed by atoms with Crippen molar-refractivity contribution >= 4 is 77.9 Å². The Balaban J connectivity index is 0.000000152. The molecule has 0 aliphatic rings. The van der Waals surface area contributed by atoms with Crippen LogP contribution in [-0.2, 0) is 95.1 Å². The third-order valence-electron chi connectivity index (χ3n) is 22.6. The molecule has 14 rings (SSSR count). The number of nitrogens with zero attached hydrogens (tertiary/aromatic N) is 19. The number of imidazole rings is 7. The monoisotopic (exact) mass is 1400 g/mol. The number of rotatable bonds is 7. The zero-order valence-electron chi connectivity index (χ0n) is 69.3. The molecule has 0 spiro atoms. The Hall–Kier alpha value is -9.52. The molecule has 548 valence electrons. The van der Waals surface area contributed by atoms with Crippen LogP contribution in [0, 0.1) is 132 Å². The summed E-state index contributed by atoms with van der Waals surface area (Å²) in [5, 5.41) is 0. The zero-order valence-corrected chi connectivity index (χ0v) is 69.3. The van der Waals surface area contributed by atoms with Crippen LogP contribution in [0.2, 0.25) is 0 Å². The van der Waals surface area contributed by atoms with Crippen molar-refractivity contribution < 1.29 is 32.0 Å². The summed E-state index contributed by atoms with van der Waals surface area (Å²) in [4.78, 5) is 22.4. The molecule has 19 nitrogen and oxygen atoms in total. The largest absolute Gasteiger partial charge is 0.301 e. The molecule has 0 aliphatic carbocycles. The third-order valence-corrected chi connectivity index (χ3v) is 22.6. The minimum atomic E-state index is 0.993. The minimum absolute atomic E-state index is 0.993. The van der Waals surface area contributed by atoms with Gasteiger partial charge in [-0.15, -0.1) is 24.9 Å². The fourth-order valence-electron chi connectivity index (χ4n) is 15.1. The van der Waals surface area contributed by atoms with Crippen molar-refractivity contribution in [3.05, 3.63) is 175 Å². The maximum absolute atomic E-state index is 4.65. The number of aromatic nitrogens is 19. The van der Waals surface area contributed by atoms with Gasteiger partial charge in [-0.3, -0.25) is 22.8 Å². The predicted molar refractivity (Wildman–Crippen MR) is 420 cm³/mol. The average Bonchev–Trinajstić information content (AvgIpc) is 1.61. The number of hydrogen-bond acceptors (Lipinski definition) is 5.